The second kappa shape index (κ2) is 4.35. The maximum Gasteiger partial charge on any atom is 0.313 e. The van der Waals surface area contributed by atoms with Crippen LogP contribution in [0.15, 0.2) is 24.3 Å². The zero-order chi connectivity index (χ0) is 11.5. The van der Waals surface area contributed by atoms with Crippen molar-refractivity contribution in [1.29, 1.82) is 0 Å². The van der Waals surface area contributed by atoms with Gasteiger partial charge in [0.25, 0.3) is 0 Å². The van der Waals surface area contributed by atoms with Gasteiger partial charge in [-0.05, 0) is 31.4 Å². The lowest BCUT2D eigenvalue weighted by Gasteiger charge is -2.07. The van der Waals surface area contributed by atoms with Crippen molar-refractivity contribution in [3.05, 3.63) is 29.8 Å². The SMILES string of the molecule is Cc1ccccc1NC(=O)C(=O)NC1CC1. The number of hydrogen-bond acceptors (Lipinski definition) is 2. The number of hydrogen-bond donors (Lipinski definition) is 2. The van der Waals surface area contributed by atoms with Gasteiger partial charge in [-0.25, -0.2) is 0 Å². The van der Waals surface area contributed by atoms with E-state index < -0.39 is 11.8 Å². The minimum atomic E-state index is -0.596. The average Bonchev–Trinajstić information content (AvgIpc) is 3.05. The number of rotatable bonds is 2. The molecule has 2 amide bonds. The van der Waals surface area contributed by atoms with Crippen LogP contribution in [0.2, 0.25) is 0 Å². The van der Waals surface area contributed by atoms with E-state index in [2.05, 4.69) is 10.6 Å². The second-order valence-corrected chi connectivity index (χ2v) is 4.02. The molecule has 2 rings (SSSR count). The summed E-state index contributed by atoms with van der Waals surface area (Å²) in [6, 6.07) is 7.57. The molecule has 1 saturated carbocycles. The zero-order valence-corrected chi connectivity index (χ0v) is 9.12. The molecule has 0 aromatic heterocycles. The first kappa shape index (κ1) is 10.7. The van der Waals surface area contributed by atoms with E-state index in [1.54, 1.807) is 6.07 Å². The first-order valence-corrected chi connectivity index (χ1v) is 5.34. The van der Waals surface area contributed by atoms with Crippen molar-refractivity contribution in [2.24, 2.45) is 0 Å². The fourth-order valence-corrected chi connectivity index (χ4v) is 1.37. The third-order valence-electron chi connectivity index (χ3n) is 2.51. The Hall–Kier alpha value is -1.84. The Morgan fingerprint density at radius 2 is 1.88 bits per heavy atom. The second-order valence-electron chi connectivity index (χ2n) is 4.02. The summed E-state index contributed by atoms with van der Waals surface area (Å²) in [7, 11) is 0. The van der Waals surface area contributed by atoms with Crippen molar-refractivity contribution in [3.63, 3.8) is 0 Å². The summed E-state index contributed by atoms with van der Waals surface area (Å²) in [4.78, 5) is 22.9. The Balaban J connectivity index is 1.95. The first-order valence-electron chi connectivity index (χ1n) is 5.34. The molecular formula is C12H14N2O2. The van der Waals surface area contributed by atoms with E-state index >= 15 is 0 Å². The lowest BCUT2D eigenvalue weighted by Crippen LogP contribution is -2.36. The highest BCUT2D eigenvalue weighted by molar-refractivity contribution is 6.39. The molecule has 0 radical (unpaired) electrons. The number of carbonyl (C=O) groups excluding carboxylic acids is 2. The number of aryl methyl sites for hydroxylation is 1. The Morgan fingerprint density at radius 3 is 2.50 bits per heavy atom. The van der Waals surface area contributed by atoms with Crippen molar-refractivity contribution in [3.8, 4) is 0 Å². The molecule has 4 heteroatoms. The summed E-state index contributed by atoms with van der Waals surface area (Å²) >= 11 is 0. The van der Waals surface area contributed by atoms with Gasteiger partial charge >= 0.3 is 11.8 Å². The molecule has 1 aliphatic rings. The molecule has 0 saturated heterocycles. The Labute approximate surface area is 94.0 Å². The van der Waals surface area contributed by atoms with Crippen LogP contribution in [0.4, 0.5) is 5.69 Å². The van der Waals surface area contributed by atoms with E-state index in [1.807, 2.05) is 25.1 Å². The molecule has 0 unspecified atom stereocenters. The Bertz CT molecular complexity index is 425. The van der Waals surface area contributed by atoms with Crippen LogP contribution in [-0.4, -0.2) is 17.9 Å². The van der Waals surface area contributed by atoms with E-state index in [4.69, 9.17) is 0 Å². The Morgan fingerprint density at radius 1 is 1.19 bits per heavy atom. The summed E-state index contributed by atoms with van der Waals surface area (Å²) < 4.78 is 0. The molecule has 1 aliphatic carbocycles. The van der Waals surface area contributed by atoms with Crippen molar-refractivity contribution >= 4 is 17.5 Å². The van der Waals surface area contributed by atoms with Crippen molar-refractivity contribution < 1.29 is 9.59 Å². The van der Waals surface area contributed by atoms with Gasteiger partial charge in [-0.1, -0.05) is 18.2 Å². The number of carbonyl (C=O) groups is 2. The molecular weight excluding hydrogens is 204 g/mol. The number of anilines is 1. The van der Waals surface area contributed by atoms with Crippen LogP contribution in [0.5, 0.6) is 0 Å². The molecule has 0 bridgehead atoms. The van der Waals surface area contributed by atoms with Crippen LogP contribution in [0.3, 0.4) is 0 Å². The molecule has 84 valence electrons. The van der Waals surface area contributed by atoms with E-state index in [-0.39, 0.29) is 6.04 Å². The largest absolute Gasteiger partial charge is 0.345 e. The topological polar surface area (TPSA) is 58.2 Å². The fourth-order valence-electron chi connectivity index (χ4n) is 1.37. The standard InChI is InChI=1S/C12H14N2O2/c1-8-4-2-3-5-10(8)14-12(16)11(15)13-9-6-7-9/h2-5,9H,6-7H2,1H3,(H,13,15)(H,14,16). The summed E-state index contributed by atoms with van der Waals surface area (Å²) in [6.07, 6.45) is 1.95. The highest BCUT2D eigenvalue weighted by Gasteiger charge is 2.26. The zero-order valence-electron chi connectivity index (χ0n) is 9.12. The average molecular weight is 218 g/mol. The maximum atomic E-state index is 11.5. The van der Waals surface area contributed by atoms with Crippen molar-refractivity contribution in [2.45, 2.75) is 25.8 Å². The van der Waals surface area contributed by atoms with Crippen molar-refractivity contribution in [1.82, 2.24) is 5.32 Å². The summed E-state index contributed by atoms with van der Waals surface area (Å²) in [5.74, 6) is -1.15. The quantitative estimate of drug-likeness (QED) is 0.733. The van der Waals surface area contributed by atoms with Gasteiger partial charge in [0.1, 0.15) is 0 Å². The number of amides is 2. The van der Waals surface area contributed by atoms with Crippen LogP contribution in [0, 0.1) is 6.92 Å². The first-order chi connectivity index (χ1) is 7.66. The summed E-state index contributed by atoms with van der Waals surface area (Å²) in [5.41, 5.74) is 1.62. The molecule has 16 heavy (non-hydrogen) atoms. The Kier molecular flexibility index (Phi) is 2.90. The molecule has 2 N–H and O–H groups in total. The van der Waals surface area contributed by atoms with Gasteiger partial charge in [0, 0.05) is 11.7 Å². The molecule has 4 nitrogen and oxygen atoms in total. The van der Waals surface area contributed by atoms with Crippen LogP contribution in [-0.2, 0) is 9.59 Å². The molecule has 0 aliphatic heterocycles. The van der Waals surface area contributed by atoms with Crippen LogP contribution in [0.25, 0.3) is 0 Å². The maximum absolute atomic E-state index is 11.5. The number of benzene rings is 1. The predicted octanol–water partition coefficient (Wildman–Crippen LogP) is 1.21. The fraction of sp³-hybridized carbons (Fsp3) is 0.333. The highest BCUT2D eigenvalue weighted by Crippen LogP contribution is 2.18. The van der Waals surface area contributed by atoms with Gasteiger partial charge in [0.15, 0.2) is 0 Å². The molecule has 0 spiro atoms. The van der Waals surface area contributed by atoms with Gasteiger partial charge in [0.05, 0.1) is 0 Å². The third kappa shape index (κ3) is 2.59. The molecule has 0 heterocycles. The van der Waals surface area contributed by atoms with Crippen LogP contribution < -0.4 is 10.6 Å². The summed E-state index contributed by atoms with van der Waals surface area (Å²) in [6.45, 7) is 1.88. The number of para-hydroxylation sites is 1. The lowest BCUT2D eigenvalue weighted by molar-refractivity contribution is -0.136. The highest BCUT2D eigenvalue weighted by atomic mass is 16.2. The molecule has 1 aromatic rings. The third-order valence-corrected chi connectivity index (χ3v) is 2.51. The molecule has 1 aromatic carbocycles. The predicted molar refractivity (Wildman–Crippen MR) is 61.0 cm³/mol. The molecule has 1 fully saturated rings. The lowest BCUT2D eigenvalue weighted by atomic mass is 10.2. The van der Waals surface area contributed by atoms with Gasteiger partial charge in [-0.3, -0.25) is 9.59 Å². The van der Waals surface area contributed by atoms with Crippen LogP contribution in [0.1, 0.15) is 18.4 Å². The van der Waals surface area contributed by atoms with Crippen LogP contribution >= 0.6 is 0 Å². The minimum Gasteiger partial charge on any atom is -0.345 e. The van der Waals surface area contributed by atoms with E-state index in [9.17, 15) is 9.59 Å². The van der Waals surface area contributed by atoms with E-state index in [0.29, 0.717) is 5.69 Å². The van der Waals surface area contributed by atoms with Crippen molar-refractivity contribution in [2.75, 3.05) is 5.32 Å². The van der Waals surface area contributed by atoms with Gasteiger partial charge < -0.3 is 10.6 Å². The van der Waals surface area contributed by atoms with E-state index in [0.717, 1.165) is 18.4 Å². The van der Waals surface area contributed by atoms with Gasteiger partial charge in [-0.2, -0.15) is 0 Å². The minimum absolute atomic E-state index is 0.204. The molecule has 0 atom stereocenters. The van der Waals surface area contributed by atoms with E-state index in [1.165, 1.54) is 0 Å². The monoisotopic (exact) mass is 218 g/mol. The van der Waals surface area contributed by atoms with Gasteiger partial charge in [-0.15, -0.1) is 0 Å². The summed E-state index contributed by atoms with van der Waals surface area (Å²) in [5, 5.41) is 5.23. The van der Waals surface area contributed by atoms with Gasteiger partial charge in [0.2, 0.25) is 0 Å². The smallest absolute Gasteiger partial charge is 0.313 e. The number of nitrogens with one attached hydrogen (secondary N) is 2. The normalized spacial score (nSPS) is 14.3.